The highest BCUT2D eigenvalue weighted by Crippen LogP contribution is 2.25. The van der Waals surface area contributed by atoms with Crippen molar-refractivity contribution in [2.45, 2.75) is 5.92 Å². The Morgan fingerprint density at radius 3 is 2.82 bits per heavy atom. The molecule has 0 radical (unpaired) electrons. The molecule has 0 saturated carbocycles. The second-order valence-electron chi connectivity index (χ2n) is 3.60. The van der Waals surface area contributed by atoms with Crippen LogP contribution in [0.5, 0.6) is 0 Å². The zero-order valence-corrected chi connectivity index (χ0v) is 10.3. The van der Waals surface area contributed by atoms with Gasteiger partial charge in [0.15, 0.2) is 0 Å². The molecule has 1 atom stereocenters. The zero-order valence-electron chi connectivity index (χ0n) is 9.47. The monoisotopic (exact) mass is 254 g/mol. The van der Waals surface area contributed by atoms with Gasteiger partial charge in [-0.05, 0) is 11.6 Å². The normalized spacial score (nSPS) is 11.9. The Hall–Kier alpha value is -1.52. The summed E-state index contributed by atoms with van der Waals surface area (Å²) in [5.41, 5.74) is 7.51. The molecular weight excluding hydrogens is 240 g/mol. The van der Waals surface area contributed by atoms with E-state index in [1.165, 1.54) is 7.11 Å². The van der Waals surface area contributed by atoms with Crippen LogP contribution in [0.2, 0.25) is 0 Å². The van der Waals surface area contributed by atoms with Gasteiger partial charge in [0.05, 0.1) is 13.0 Å². The Bertz CT molecular complexity index is 510. The van der Waals surface area contributed by atoms with Gasteiger partial charge in [0.1, 0.15) is 0 Å². The van der Waals surface area contributed by atoms with Gasteiger partial charge >= 0.3 is 5.97 Å². The number of methoxy groups -OCH3 is 1. The van der Waals surface area contributed by atoms with E-state index in [0.717, 1.165) is 16.5 Å². The third-order valence-corrected chi connectivity index (χ3v) is 2.72. The molecule has 4 nitrogen and oxygen atoms in total. The minimum absolute atomic E-state index is 0. The van der Waals surface area contributed by atoms with E-state index < -0.39 is 5.92 Å². The SMILES string of the molecule is COC(=O)C(CN)c1c[nH]c2ccccc12.Cl. The number of carbonyl (C=O) groups is 1. The van der Waals surface area contributed by atoms with Crippen LogP contribution in [0, 0.1) is 0 Å². The van der Waals surface area contributed by atoms with Gasteiger partial charge in [0.25, 0.3) is 0 Å². The number of benzene rings is 1. The highest BCUT2D eigenvalue weighted by molar-refractivity contribution is 5.90. The first-order chi connectivity index (χ1) is 7.77. The Kier molecular flexibility index (Phi) is 4.54. The van der Waals surface area contributed by atoms with Crippen LogP contribution in [0.4, 0.5) is 0 Å². The van der Waals surface area contributed by atoms with Crippen molar-refractivity contribution in [1.29, 1.82) is 0 Å². The number of hydrogen-bond donors (Lipinski definition) is 2. The molecule has 5 heteroatoms. The summed E-state index contributed by atoms with van der Waals surface area (Å²) < 4.78 is 4.74. The molecule has 3 N–H and O–H groups in total. The molecule has 0 spiro atoms. The molecule has 0 aliphatic carbocycles. The second-order valence-corrected chi connectivity index (χ2v) is 3.60. The number of aromatic amines is 1. The molecule has 0 bridgehead atoms. The summed E-state index contributed by atoms with van der Waals surface area (Å²) in [7, 11) is 1.37. The number of fused-ring (bicyclic) bond motifs is 1. The fraction of sp³-hybridized carbons (Fsp3) is 0.250. The van der Waals surface area contributed by atoms with Crippen molar-refractivity contribution < 1.29 is 9.53 Å². The van der Waals surface area contributed by atoms with E-state index in [1.807, 2.05) is 30.5 Å². The largest absolute Gasteiger partial charge is 0.469 e. The van der Waals surface area contributed by atoms with Gasteiger partial charge in [0, 0.05) is 23.6 Å². The Morgan fingerprint density at radius 2 is 2.18 bits per heavy atom. The van der Waals surface area contributed by atoms with Crippen LogP contribution in [0.1, 0.15) is 11.5 Å². The lowest BCUT2D eigenvalue weighted by molar-refractivity contribution is -0.142. The Morgan fingerprint density at radius 1 is 1.47 bits per heavy atom. The van der Waals surface area contributed by atoms with Crippen LogP contribution in [0.3, 0.4) is 0 Å². The van der Waals surface area contributed by atoms with Crippen molar-refractivity contribution in [3.8, 4) is 0 Å². The molecule has 92 valence electrons. The maximum Gasteiger partial charge on any atom is 0.314 e. The minimum Gasteiger partial charge on any atom is -0.469 e. The molecule has 1 aromatic heterocycles. The topological polar surface area (TPSA) is 68.1 Å². The van der Waals surface area contributed by atoms with Crippen LogP contribution in [-0.4, -0.2) is 24.6 Å². The van der Waals surface area contributed by atoms with E-state index >= 15 is 0 Å². The van der Waals surface area contributed by atoms with Crippen molar-refractivity contribution >= 4 is 29.3 Å². The fourth-order valence-electron chi connectivity index (χ4n) is 1.87. The van der Waals surface area contributed by atoms with E-state index in [4.69, 9.17) is 10.5 Å². The smallest absolute Gasteiger partial charge is 0.314 e. The predicted octanol–water partition coefficient (Wildman–Crippen LogP) is 1.80. The average Bonchev–Trinajstić information content (AvgIpc) is 2.74. The number of ether oxygens (including phenoxy) is 1. The lowest BCUT2D eigenvalue weighted by atomic mass is 9.99. The van der Waals surface area contributed by atoms with Crippen molar-refractivity contribution in [1.82, 2.24) is 4.98 Å². The molecule has 2 aromatic rings. The predicted molar refractivity (Wildman–Crippen MR) is 69.4 cm³/mol. The fourth-order valence-corrected chi connectivity index (χ4v) is 1.87. The number of rotatable bonds is 3. The van der Waals surface area contributed by atoms with Gasteiger partial charge in [0.2, 0.25) is 0 Å². The minimum atomic E-state index is -0.402. The third kappa shape index (κ3) is 2.43. The Balaban J connectivity index is 0.00000144. The number of H-pyrrole nitrogens is 1. The van der Waals surface area contributed by atoms with E-state index in [-0.39, 0.29) is 24.9 Å². The first kappa shape index (κ1) is 13.5. The van der Waals surface area contributed by atoms with Crippen molar-refractivity contribution in [2.75, 3.05) is 13.7 Å². The summed E-state index contributed by atoms with van der Waals surface area (Å²) in [5, 5.41) is 1.02. The molecule has 1 aromatic carbocycles. The maximum atomic E-state index is 11.6. The third-order valence-electron chi connectivity index (χ3n) is 2.72. The van der Waals surface area contributed by atoms with Gasteiger partial charge in [-0.25, -0.2) is 0 Å². The summed E-state index contributed by atoms with van der Waals surface area (Å²) in [6.07, 6.45) is 1.82. The molecule has 0 fully saturated rings. The molecule has 0 aliphatic heterocycles. The second kappa shape index (κ2) is 5.70. The van der Waals surface area contributed by atoms with Crippen LogP contribution < -0.4 is 5.73 Å². The first-order valence-electron chi connectivity index (χ1n) is 5.12. The number of hydrogen-bond acceptors (Lipinski definition) is 3. The average molecular weight is 255 g/mol. The lowest BCUT2D eigenvalue weighted by Crippen LogP contribution is -2.22. The van der Waals surface area contributed by atoms with E-state index in [9.17, 15) is 4.79 Å². The van der Waals surface area contributed by atoms with Crippen molar-refractivity contribution in [3.63, 3.8) is 0 Å². The summed E-state index contributed by atoms with van der Waals surface area (Å²) in [6.45, 7) is 0.245. The van der Waals surface area contributed by atoms with Gasteiger partial charge in [-0.3, -0.25) is 4.79 Å². The van der Waals surface area contributed by atoms with Crippen molar-refractivity contribution in [3.05, 3.63) is 36.0 Å². The number of nitrogens with one attached hydrogen (secondary N) is 1. The molecule has 17 heavy (non-hydrogen) atoms. The van der Waals surface area contributed by atoms with E-state index in [2.05, 4.69) is 4.98 Å². The number of carbonyl (C=O) groups excluding carboxylic acids is 1. The first-order valence-corrected chi connectivity index (χ1v) is 5.12. The number of aromatic nitrogens is 1. The van der Waals surface area contributed by atoms with E-state index in [1.54, 1.807) is 0 Å². The molecule has 1 heterocycles. The summed E-state index contributed by atoms with van der Waals surface area (Å²) >= 11 is 0. The van der Waals surface area contributed by atoms with Crippen molar-refractivity contribution in [2.24, 2.45) is 5.73 Å². The van der Waals surface area contributed by atoms with Crippen LogP contribution in [0.25, 0.3) is 10.9 Å². The molecule has 0 aliphatic rings. The molecule has 0 saturated heterocycles. The van der Waals surface area contributed by atoms with Gasteiger partial charge < -0.3 is 15.5 Å². The Labute approximate surface area is 106 Å². The zero-order chi connectivity index (χ0) is 11.5. The molecule has 1 unspecified atom stereocenters. The summed E-state index contributed by atoms with van der Waals surface area (Å²) in [5.74, 6) is -0.701. The van der Waals surface area contributed by atoms with Crippen LogP contribution >= 0.6 is 12.4 Å². The van der Waals surface area contributed by atoms with Gasteiger partial charge in [-0.2, -0.15) is 0 Å². The standard InChI is InChI=1S/C12H14N2O2.ClH/c1-16-12(15)9(6-13)10-7-14-11-5-3-2-4-8(10)11;/h2-5,7,9,14H,6,13H2,1H3;1H. The molecule has 0 amide bonds. The van der Waals surface area contributed by atoms with Crippen LogP contribution in [0.15, 0.2) is 30.5 Å². The number of nitrogens with two attached hydrogens (primary N) is 1. The highest BCUT2D eigenvalue weighted by Gasteiger charge is 2.22. The summed E-state index contributed by atoms with van der Waals surface area (Å²) in [4.78, 5) is 14.7. The van der Waals surface area contributed by atoms with E-state index in [0.29, 0.717) is 0 Å². The maximum absolute atomic E-state index is 11.6. The number of halogens is 1. The number of esters is 1. The number of para-hydroxylation sites is 1. The van der Waals surface area contributed by atoms with Gasteiger partial charge in [-0.15, -0.1) is 12.4 Å². The van der Waals surface area contributed by atoms with Crippen LogP contribution in [-0.2, 0) is 9.53 Å². The highest BCUT2D eigenvalue weighted by atomic mass is 35.5. The summed E-state index contributed by atoms with van der Waals surface area (Å²) in [6, 6.07) is 7.80. The lowest BCUT2D eigenvalue weighted by Gasteiger charge is -2.11. The molecule has 2 rings (SSSR count). The van der Waals surface area contributed by atoms with Gasteiger partial charge in [-0.1, -0.05) is 18.2 Å². The quantitative estimate of drug-likeness (QED) is 0.821. The molecular formula is C12H15ClN2O2.